The van der Waals surface area contributed by atoms with Gasteiger partial charge in [-0.2, -0.15) is 0 Å². The summed E-state index contributed by atoms with van der Waals surface area (Å²) in [6.45, 7) is 7.04. The molecule has 1 aromatic rings. The number of hydrogen-bond donors (Lipinski definition) is 2. The predicted molar refractivity (Wildman–Crippen MR) is 118 cm³/mol. The van der Waals surface area contributed by atoms with Crippen LogP contribution in [0, 0.1) is 0 Å². The van der Waals surface area contributed by atoms with Gasteiger partial charge < -0.3 is 20.3 Å². The first-order valence-electron chi connectivity index (χ1n) is 9.35. The number of ether oxygens (including phenoxy) is 1. The molecule has 2 heterocycles. The van der Waals surface area contributed by atoms with Crippen LogP contribution < -0.4 is 10.6 Å². The number of amides is 1. The SMILES string of the molecule is CN=C(NCCN1CCOCC1)NCC(=O)N1CCc2ccccc2C1.I. The number of morpholine rings is 1. The fraction of sp³-hybridized carbons (Fsp3) is 0.579. The van der Waals surface area contributed by atoms with Gasteiger partial charge in [-0.3, -0.25) is 14.7 Å². The van der Waals surface area contributed by atoms with E-state index in [1.807, 2.05) is 11.0 Å². The van der Waals surface area contributed by atoms with Crippen LogP contribution in [-0.2, 0) is 22.5 Å². The number of carbonyl (C=O) groups is 1. The van der Waals surface area contributed by atoms with E-state index in [1.165, 1.54) is 11.1 Å². The van der Waals surface area contributed by atoms with Crippen molar-refractivity contribution < 1.29 is 9.53 Å². The number of hydrogen-bond acceptors (Lipinski definition) is 4. The molecule has 7 nitrogen and oxygen atoms in total. The van der Waals surface area contributed by atoms with Crippen molar-refractivity contribution in [1.29, 1.82) is 0 Å². The minimum atomic E-state index is 0. The van der Waals surface area contributed by atoms with Gasteiger partial charge in [-0.1, -0.05) is 24.3 Å². The van der Waals surface area contributed by atoms with Crippen molar-refractivity contribution in [2.45, 2.75) is 13.0 Å². The molecular formula is C19H30IN5O2. The first-order chi connectivity index (χ1) is 12.8. The van der Waals surface area contributed by atoms with Gasteiger partial charge in [0.1, 0.15) is 0 Å². The molecule has 0 atom stereocenters. The molecular weight excluding hydrogens is 457 g/mol. The van der Waals surface area contributed by atoms with Crippen LogP contribution in [0.3, 0.4) is 0 Å². The third-order valence-corrected chi connectivity index (χ3v) is 4.94. The maximum atomic E-state index is 12.5. The summed E-state index contributed by atoms with van der Waals surface area (Å²) >= 11 is 0. The minimum absolute atomic E-state index is 0. The van der Waals surface area contributed by atoms with Gasteiger partial charge in [0.25, 0.3) is 0 Å². The summed E-state index contributed by atoms with van der Waals surface area (Å²) in [5.74, 6) is 0.777. The van der Waals surface area contributed by atoms with Crippen LogP contribution in [0.2, 0.25) is 0 Å². The van der Waals surface area contributed by atoms with Crippen LogP contribution in [0.15, 0.2) is 29.3 Å². The van der Waals surface area contributed by atoms with Crippen LogP contribution in [0.5, 0.6) is 0 Å². The summed E-state index contributed by atoms with van der Waals surface area (Å²) in [6.07, 6.45) is 0.925. The first-order valence-corrected chi connectivity index (χ1v) is 9.35. The summed E-state index contributed by atoms with van der Waals surface area (Å²) in [4.78, 5) is 21.0. The lowest BCUT2D eigenvalue weighted by Crippen LogP contribution is -2.48. The first kappa shape index (κ1) is 21.9. The number of carbonyl (C=O) groups excluding carboxylic acids is 1. The Morgan fingerprint density at radius 2 is 1.89 bits per heavy atom. The molecule has 8 heteroatoms. The fourth-order valence-electron chi connectivity index (χ4n) is 3.36. The van der Waals surface area contributed by atoms with Crippen molar-refractivity contribution in [3.63, 3.8) is 0 Å². The van der Waals surface area contributed by atoms with E-state index < -0.39 is 0 Å². The van der Waals surface area contributed by atoms with Crippen LogP contribution in [0.4, 0.5) is 0 Å². The lowest BCUT2D eigenvalue weighted by atomic mass is 10.00. The van der Waals surface area contributed by atoms with E-state index in [9.17, 15) is 4.79 Å². The zero-order valence-electron chi connectivity index (χ0n) is 15.9. The van der Waals surface area contributed by atoms with Gasteiger partial charge in [0, 0.05) is 46.3 Å². The molecule has 3 rings (SSSR count). The molecule has 1 fully saturated rings. The lowest BCUT2D eigenvalue weighted by molar-refractivity contribution is -0.130. The normalized spacial score (nSPS) is 17.7. The van der Waals surface area contributed by atoms with Crippen molar-refractivity contribution in [2.24, 2.45) is 4.99 Å². The second-order valence-electron chi connectivity index (χ2n) is 6.64. The predicted octanol–water partition coefficient (Wildman–Crippen LogP) is 0.687. The van der Waals surface area contributed by atoms with Crippen molar-refractivity contribution >= 4 is 35.8 Å². The number of nitrogens with zero attached hydrogens (tertiary/aromatic N) is 3. The van der Waals surface area contributed by atoms with Crippen molar-refractivity contribution in [3.8, 4) is 0 Å². The average molecular weight is 487 g/mol. The van der Waals surface area contributed by atoms with Crippen LogP contribution in [-0.4, -0.2) is 81.2 Å². The van der Waals surface area contributed by atoms with E-state index in [1.54, 1.807) is 7.05 Å². The van der Waals surface area contributed by atoms with Gasteiger partial charge >= 0.3 is 0 Å². The molecule has 2 aliphatic heterocycles. The van der Waals surface area contributed by atoms with E-state index in [2.05, 4.69) is 38.7 Å². The fourth-order valence-corrected chi connectivity index (χ4v) is 3.36. The molecule has 0 saturated carbocycles. The molecule has 0 aliphatic carbocycles. The maximum absolute atomic E-state index is 12.5. The summed E-state index contributed by atoms with van der Waals surface area (Å²) < 4.78 is 5.35. The summed E-state index contributed by atoms with van der Waals surface area (Å²) in [5.41, 5.74) is 2.60. The molecule has 1 amide bonds. The molecule has 0 spiro atoms. The Bertz CT molecular complexity index is 634. The number of rotatable bonds is 5. The van der Waals surface area contributed by atoms with Crippen LogP contribution in [0.25, 0.3) is 0 Å². The van der Waals surface area contributed by atoms with Gasteiger partial charge in [0.15, 0.2) is 5.96 Å². The van der Waals surface area contributed by atoms with Crippen LogP contribution >= 0.6 is 24.0 Å². The number of nitrogens with one attached hydrogen (secondary N) is 2. The zero-order valence-corrected chi connectivity index (χ0v) is 18.3. The Kier molecular flexibility index (Phi) is 9.29. The Morgan fingerprint density at radius 1 is 1.15 bits per heavy atom. The molecule has 2 aliphatic rings. The second-order valence-corrected chi connectivity index (χ2v) is 6.64. The molecule has 1 saturated heterocycles. The topological polar surface area (TPSA) is 69.2 Å². The largest absolute Gasteiger partial charge is 0.379 e. The number of guanidine groups is 1. The molecule has 1 aromatic carbocycles. The van der Waals surface area contributed by atoms with Gasteiger partial charge in [-0.15, -0.1) is 24.0 Å². The van der Waals surface area contributed by atoms with E-state index >= 15 is 0 Å². The number of fused-ring (bicyclic) bond motifs is 1. The quantitative estimate of drug-likeness (QED) is 0.364. The molecule has 27 heavy (non-hydrogen) atoms. The molecule has 0 unspecified atom stereocenters. The highest BCUT2D eigenvalue weighted by atomic mass is 127. The Hall–Kier alpha value is -1.39. The van der Waals surface area contributed by atoms with E-state index in [-0.39, 0.29) is 36.4 Å². The third kappa shape index (κ3) is 6.62. The van der Waals surface area contributed by atoms with Crippen molar-refractivity contribution in [1.82, 2.24) is 20.4 Å². The van der Waals surface area contributed by atoms with Crippen LogP contribution in [0.1, 0.15) is 11.1 Å². The van der Waals surface area contributed by atoms with Crippen molar-refractivity contribution in [2.75, 3.05) is 59.5 Å². The van der Waals surface area contributed by atoms with Gasteiger partial charge in [-0.05, 0) is 17.5 Å². The number of aliphatic imine (C=N–C) groups is 1. The molecule has 0 bridgehead atoms. The molecule has 0 aromatic heterocycles. The zero-order chi connectivity index (χ0) is 18.2. The van der Waals surface area contributed by atoms with Gasteiger partial charge in [0.05, 0.1) is 19.8 Å². The van der Waals surface area contributed by atoms with Gasteiger partial charge in [0.2, 0.25) is 5.91 Å². The van der Waals surface area contributed by atoms with E-state index in [4.69, 9.17) is 4.74 Å². The lowest BCUT2D eigenvalue weighted by Gasteiger charge is -2.29. The summed E-state index contributed by atoms with van der Waals surface area (Å²) in [6, 6.07) is 8.35. The number of halogens is 1. The van der Waals surface area contributed by atoms with E-state index in [0.29, 0.717) is 12.5 Å². The number of benzene rings is 1. The monoisotopic (exact) mass is 487 g/mol. The molecule has 150 valence electrons. The Labute approximate surface area is 178 Å². The Morgan fingerprint density at radius 3 is 2.63 bits per heavy atom. The minimum Gasteiger partial charge on any atom is -0.379 e. The highest BCUT2D eigenvalue weighted by Gasteiger charge is 2.20. The summed E-state index contributed by atoms with van der Waals surface area (Å²) in [5, 5.41) is 6.41. The third-order valence-electron chi connectivity index (χ3n) is 4.94. The van der Waals surface area contributed by atoms with Gasteiger partial charge in [-0.25, -0.2) is 0 Å². The highest BCUT2D eigenvalue weighted by Crippen LogP contribution is 2.18. The smallest absolute Gasteiger partial charge is 0.242 e. The maximum Gasteiger partial charge on any atom is 0.242 e. The standard InChI is InChI=1S/C19H29N5O2.HI/c1-20-19(21-7-9-23-10-12-26-13-11-23)22-14-18(25)24-8-6-16-4-2-3-5-17(16)15-24;/h2-5H,6-15H2,1H3,(H2,20,21,22);1H. The van der Waals surface area contributed by atoms with E-state index in [0.717, 1.165) is 52.4 Å². The Balaban J connectivity index is 0.00000261. The average Bonchev–Trinajstić information content (AvgIpc) is 2.70. The highest BCUT2D eigenvalue weighted by molar-refractivity contribution is 14.0. The summed E-state index contributed by atoms with van der Waals surface area (Å²) in [7, 11) is 1.73. The van der Waals surface area contributed by atoms with Crippen molar-refractivity contribution in [3.05, 3.63) is 35.4 Å². The molecule has 0 radical (unpaired) electrons. The molecule has 2 N–H and O–H groups in total. The second kappa shape index (κ2) is 11.5.